The molecule has 1 saturated heterocycles. The van der Waals surface area contributed by atoms with E-state index in [0.29, 0.717) is 36.4 Å². The summed E-state index contributed by atoms with van der Waals surface area (Å²) < 4.78 is 27.4. The van der Waals surface area contributed by atoms with Crippen molar-refractivity contribution in [3.63, 3.8) is 0 Å². The molecule has 8 heteroatoms. The van der Waals surface area contributed by atoms with Crippen molar-refractivity contribution in [3.05, 3.63) is 28.2 Å². The zero-order valence-electron chi connectivity index (χ0n) is 16.0. The molecule has 5 nitrogen and oxygen atoms in total. The lowest BCUT2D eigenvalue weighted by Crippen LogP contribution is -2.92. The Balaban J connectivity index is 1.09. The number of rotatable bonds is 5. The first-order chi connectivity index (χ1) is 13.8. The van der Waals surface area contributed by atoms with Crippen molar-refractivity contribution in [1.29, 1.82) is 0 Å². The van der Waals surface area contributed by atoms with Crippen molar-refractivity contribution in [2.75, 3.05) is 13.1 Å². The van der Waals surface area contributed by atoms with E-state index in [1.807, 2.05) is 0 Å². The third-order valence-electron chi connectivity index (χ3n) is 8.80. The molecule has 4 aliphatic carbocycles. The first-order valence-corrected chi connectivity index (χ1v) is 12.7. The lowest BCUT2D eigenvalue weighted by Gasteiger charge is -2.91. The largest absolute Gasteiger partial charge is 0.350 e. The van der Waals surface area contributed by atoms with Gasteiger partial charge in [0.05, 0.1) is 5.02 Å². The molecular formula is C21H24Cl2N2O3S. The number of carbonyl (C=O) groups excluding carboxylic acids is 1. The number of hydrogen-bond acceptors (Lipinski definition) is 3. The van der Waals surface area contributed by atoms with Crippen LogP contribution in [0.15, 0.2) is 23.1 Å². The number of carbonyl (C=O) groups is 1. The third-order valence-corrected chi connectivity index (χ3v) is 11.4. The Morgan fingerprint density at radius 1 is 1.17 bits per heavy atom. The van der Waals surface area contributed by atoms with Crippen LogP contribution in [0.5, 0.6) is 0 Å². The van der Waals surface area contributed by atoms with Crippen LogP contribution in [-0.2, 0) is 14.8 Å². The molecule has 156 valence electrons. The molecule has 0 aromatic heterocycles. The monoisotopic (exact) mass is 454 g/mol. The van der Waals surface area contributed by atoms with Crippen molar-refractivity contribution in [1.82, 2.24) is 9.62 Å². The van der Waals surface area contributed by atoms with Gasteiger partial charge in [-0.2, -0.15) is 4.31 Å². The summed E-state index contributed by atoms with van der Waals surface area (Å²) in [5, 5.41) is 3.93. The number of nitrogens with one attached hydrogen (secondary N) is 1. The first-order valence-electron chi connectivity index (χ1n) is 10.5. The SMILES string of the molecule is O=C(CC1CCN(S(=O)(=O)c2ccc(Cl)cc2Cl)C1)NC12CC3CC4CC(C1)C432. The van der Waals surface area contributed by atoms with Gasteiger partial charge in [0.25, 0.3) is 0 Å². The average molecular weight is 455 g/mol. The molecule has 3 atom stereocenters. The molecule has 1 N–H and O–H groups in total. The Hall–Kier alpha value is -0.820. The van der Waals surface area contributed by atoms with Gasteiger partial charge < -0.3 is 5.32 Å². The minimum absolute atomic E-state index is 0.0510. The second-order valence-electron chi connectivity index (χ2n) is 9.83. The smallest absolute Gasteiger partial charge is 0.244 e. The van der Waals surface area contributed by atoms with Gasteiger partial charge in [-0.25, -0.2) is 8.42 Å². The molecule has 5 aliphatic rings. The highest BCUT2D eigenvalue weighted by atomic mass is 35.5. The second-order valence-corrected chi connectivity index (χ2v) is 12.6. The molecule has 1 aromatic rings. The molecule has 29 heavy (non-hydrogen) atoms. The van der Waals surface area contributed by atoms with Crippen molar-refractivity contribution in [2.45, 2.75) is 49.0 Å². The van der Waals surface area contributed by atoms with Gasteiger partial charge in [0.1, 0.15) is 4.90 Å². The minimum Gasteiger partial charge on any atom is -0.350 e. The van der Waals surface area contributed by atoms with E-state index in [4.69, 9.17) is 23.2 Å². The first kappa shape index (κ1) is 18.9. The molecule has 1 amide bonds. The lowest BCUT2D eigenvalue weighted by molar-refractivity contribution is -0.394. The van der Waals surface area contributed by atoms with Gasteiger partial charge in [0.2, 0.25) is 15.9 Å². The normalized spacial score (nSPS) is 41.9. The van der Waals surface area contributed by atoms with E-state index >= 15 is 0 Å². The zero-order valence-corrected chi connectivity index (χ0v) is 18.4. The number of benzene rings is 1. The van der Waals surface area contributed by atoms with Gasteiger partial charge in [-0.3, -0.25) is 4.79 Å². The fraction of sp³-hybridized carbons (Fsp3) is 0.667. The molecule has 5 fully saturated rings. The van der Waals surface area contributed by atoms with E-state index in [1.54, 1.807) is 0 Å². The number of amides is 1. The lowest BCUT2D eigenvalue weighted by atomic mass is 9.15. The number of halogens is 2. The molecule has 1 aromatic carbocycles. The molecule has 1 heterocycles. The maximum atomic E-state index is 13.0. The van der Waals surface area contributed by atoms with Crippen LogP contribution < -0.4 is 5.32 Å². The molecule has 6 rings (SSSR count). The van der Waals surface area contributed by atoms with E-state index in [1.165, 1.54) is 35.3 Å². The van der Waals surface area contributed by atoms with Crippen LogP contribution in [0.3, 0.4) is 0 Å². The Morgan fingerprint density at radius 3 is 2.52 bits per heavy atom. The van der Waals surface area contributed by atoms with E-state index in [0.717, 1.165) is 30.6 Å². The fourth-order valence-electron chi connectivity index (χ4n) is 7.73. The van der Waals surface area contributed by atoms with Crippen LogP contribution in [0.2, 0.25) is 10.0 Å². The molecule has 1 aliphatic heterocycles. The second kappa shape index (κ2) is 5.90. The maximum absolute atomic E-state index is 13.0. The van der Waals surface area contributed by atoms with Crippen LogP contribution in [0.1, 0.15) is 38.5 Å². The van der Waals surface area contributed by atoms with Crippen LogP contribution in [-0.4, -0.2) is 37.3 Å². The highest BCUT2D eigenvalue weighted by Gasteiger charge is 2.88. The molecule has 1 spiro atoms. The molecule has 0 radical (unpaired) electrons. The highest BCUT2D eigenvalue weighted by Crippen LogP contribution is 2.89. The molecular weight excluding hydrogens is 431 g/mol. The Morgan fingerprint density at radius 2 is 1.90 bits per heavy atom. The van der Waals surface area contributed by atoms with E-state index in [2.05, 4.69) is 5.32 Å². The van der Waals surface area contributed by atoms with Crippen molar-refractivity contribution in [2.24, 2.45) is 29.1 Å². The topological polar surface area (TPSA) is 66.5 Å². The van der Waals surface area contributed by atoms with Crippen LogP contribution >= 0.6 is 23.2 Å². The summed E-state index contributed by atoms with van der Waals surface area (Å²) in [7, 11) is -3.68. The van der Waals surface area contributed by atoms with Crippen LogP contribution in [0.4, 0.5) is 0 Å². The summed E-state index contributed by atoms with van der Waals surface area (Å²) in [6.07, 6.45) is 6.16. The summed E-state index contributed by atoms with van der Waals surface area (Å²) in [6.45, 7) is 0.779. The van der Waals surface area contributed by atoms with Gasteiger partial charge in [0, 0.05) is 35.5 Å². The summed E-state index contributed by atoms with van der Waals surface area (Å²) >= 11 is 12.0. The summed E-state index contributed by atoms with van der Waals surface area (Å²) in [6, 6.07) is 4.43. The van der Waals surface area contributed by atoms with Crippen LogP contribution in [0, 0.1) is 29.1 Å². The predicted molar refractivity (Wildman–Crippen MR) is 110 cm³/mol. The minimum atomic E-state index is -3.68. The van der Waals surface area contributed by atoms with Gasteiger partial charge in [-0.15, -0.1) is 0 Å². The quantitative estimate of drug-likeness (QED) is 0.737. The number of hydrogen-bond donors (Lipinski definition) is 1. The average Bonchev–Trinajstić information content (AvgIpc) is 3.04. The predicted octanol–water partition coefficient (Wildman–Crippen LogP) is 3.70. The van der Waals surface area contributed by atoms with Gasteiger partial charge in [-0.05, 0) is 74.0 Å². The zero-order chi connectivity index (χ0) is 20.2. The van der Waals surface area contributed by atoms with Gasteiger partial charge in [-0.1, -0.05) is 23.2 Å². The number of sulfonamides is 1. The standard InChI is InChI=1S/C21H24Cl2N2O3S/c22-16-1-2-18(17(23)8-16)29(27,28)25-4-3-12(11-25)5-19(26)24-20-9-14-6-13-7-15(10-20)21(13,14)20/h1-2,8,12-15H,3-7,9-11H2,(H,24,26). The van der Waals surface area contributed by atoms with Gasteiger partial charge in [0.15, 0.2) is 0 Å². The van der Waals surface area contributed by atoms with Crippen molar-refractivity contribution < 1.29 is 13.2 Å². The summed E-state index contributed by atoms with van der Waals surface area (Å²) in [4.78, 5) is 12.9. The third kappa shape index (κ3) is 2.27. The van der Waals surface area contributed by atoms with Crippen molar-refractivity contribution >= 4 is 39.1 Å². The summed E-state index contributed by atoms with van der Waals surface area (Å²) in [5.74, 6) is 2.72. The molecule has 4 saturated carbocycles. The Kier molecular flexibility index (Phi) is 3.85. The van der Waals surface area contributed by atoms with E-state index in [9.17, 15) is 13.2 Å². The highest BCUT2D eigenvalue weighted by molar-refractivity contribution is 7.89. The fourth-order valence-corrected chi connectivity index (χ4v) is 10.0. The van der Waals surface area contributed by atoms with Gasteiger partial charge >= 0.3 is 0 Å². The van der Waals surface area contributed by atoms with Crippen LogP contribution in [0.25, 0.3) is 0 Å². The Bertz CT molecular complexity index is 1000. The molecule has 3 unspecified atom stereocenters. The molecule has 0 bridgehead atoms. The van der Waals surface area contributed by atoms with Crippen molar-refractivity contribution in [3.8, 4) is 0 Å². The summed E-state index contributed by atoms with van der Waals surface area (Å²) in [5.41, 5.74) is 0.556. The maximum Gasteiger partial charge on any atom is 0.244 e. The van der Waals surface area contributed by atoms with E-state index < -0.39 is 10.0 Å². The van der Waals surface area contributed by atoms with E-state index in [-0.39, 0.29) is 27.3 Å². The Labute approximate surface area is 181 Å². The number of nitrogens with zero attached hydrogens (tertiary/aromatic N) is 1.